The Hall–Kier alpha value is -3.10. The molecule has 0 amide bonds. The number of alkyl halides is 3. The van der Waals surface area contributed by atoms with E-state index in [0.29, 0.717) is 11.4 Å². The number of thiophene rings is 1. The summed E-state index contributed by atoms with van der Waals surface area (Å²) in [4.78, 5) is 4.08. The van der Waals surface area contributed by atoms with Crippen molar-refractivity contribution in [3.05, 3.63) is 78.5 Å². The molecule has 1 aliphatic heterocycles. The molecule has 0 spiro atoms. The van der Waals surface area contributed by atoms with Crippen LogP contribution < -0.4 is 10.2 Å². The number of hydrogen-bond donors (Lipinski definition) is 1. The van der Waals surface area contributed by atoms with Crippen LogP contribution in [-0.4, -0.2) is 36.0 Å². The van der Waals surface area contributed by atoms with Gasteiger partial charge in [0, 0.05) is 36.7 Å². The van der Waals surface area contributed by atoms with E-state index in [-0.39, 0.29) is 0 Å². The van der Waals surface area contributed by atoms with Gasteiger partial charge in [0.1, 0.15) is 0 Å². The van der Waals surface area contributed by atoms with E-state index in [0.717, 1.165) is 47.6 Å². The molecule has 32 heavy (non-hydrogen) atoms. The second-order valence-electron chi connectivity index (χ2n) is 7.61. The van der Waals surface area contributed by atoms with Gasteiger partial charge in [0.15, 0.2) is 5.69 Å². The molecular formula is C24H21F3N4S. The van der Waals surface area contributed by atoms with Crippen molar-refractivity contribution in [3.63, 3.8) is 0 Å². The van der Waals surface area contributed by atoms with Crippen molar-refractivity contribution in [2.24, 2.45) is 0 Å². The molecule has 3 heterocycles. The molecule has 4 nitrogen and oxygen atoms in total. The predicted molar refractivity (Wildman–Crippen MR) is 122 cm³/mol. The molecule has 8 heteroatoms. The second-order valence-corrected chi connectivity index (χ2v) is 8.69. The summed E-state index contributed by atoms with van der Waals surface area (Å²) in [7, 11) is 0. The van der Waals surface area contributed by atoms with E-state index < -0.39 is 11.9 Å². The van der Waals surface area contributed by atoms with Crippen LogP contribution in [0.5, 0.6) is 0 Å². The number of benzene rings is 2. The van der Waals surface area contributed by atoms with Crippen molar-refractivity contribution in [3.8, 4) is 26.7 Å². The highest BCUT2D eigenvalue weighted by Gasteiger charge is 2.35. The van der Waals surface area contributed by atoms with Crippen molar-refractivity contribution in [1.82, 2.24) is 15.1 Å². The van der Waals surface area contributed by atoms with Crippen molar-refractivity contribution in [2.45, 2.75) is 6.18 Å². The first-order valence-electron chi connectivity index (χ1n) is 10.4. The first-order valence-corrected chi connectivity index (χ1v) is 11.2. The monoisotopic (exact) mass is 454 g/mol. The standard InChI is InChI=1S/C24H21F3N4S/c25-24(26,27)23-16-20(31(29-23)19-4-2-1-3-5-19)22-11-10-21(32-22)17-6-8-18(9-7-17)30-14-12-28-13-15-30/h1-11,16,28H,12-15H2. The summed E-state index contributed by atoms with van der Waals surface area (Å²) in [6.45, 7) is 3.91. The van der Waals surface area contributed by atoms with Gasteiger partial charge in [-0.3, -0.25) is 0 Å². The maximum absolute atomic E-state index is 13.4. The molecule has 1 saturated heterocycles. The molecule has 0 atom stereocenters. The van der Waals surface area contributed by atoms with Crippen LogP contribution in [0.25, 0.3) is 26.7 Å². The summed E-state index contributed by atoms with van der Waals surface area (Å²) in [5, 5.41) is 7.21. The van der Waals surface area contributed by atoms with Gasteiger partial charge in [0.2, 0.25) is 0 Å². The zero-order valence-electron chi connectivity index (χ0n) is 17.1. The Balaban J connectivity index is 1.47. The number of rotatable bonds is 4. The quantitative estimate of drug-likeness (QED) is 0.430. The third kappa shape index (κ3) is 4.16. The molecule has 0 unspecified atom stereocenters. The van der Waals surface area contributed by atoms with Gasteiger partial charge in [0.25, 0.3) is 0 Å². The van der Waals surface area contributed by atoms with E-state index in [1.54, 1.807) is 24.3 Å². The lowest BCUT2D eigenvalue weighted by atomic mass is 10.1. The molecule has 0 radical (unpaired) electrons. The van der Waals surface area contributed by atoms with Crippen molar-refractivity contribution < 1.29 is 13.2 Å². The van der Waals surface area contributed by atoms with Crippen molar-refractivity contribution in [1.29, 1.82) is 0 Å². The van der Waals surface area contributed by atoms with Gasteiger partial charge in [-0.05, 0) is 48.0 Å². The first-order chi connectivity index (χ1) is 15.5. The van der Waals surface area contributed by atoms with E-state index in [9.17, 15) is 13.2 Å². The molecule has 164 valence electrons. The number of piperazine rings is 1. The van der Waals surface area contributed by atoms with Gasteiger partial charge in [-0.25, -0.2) is 4.68 Å². The number of aromatic nitrogens is 2. The fourth-order valence-corrected chi connectivity index (χ4v) is 4.86. The average molecular weight is 455 g/mol. The fourth-order valence-electron chi connectivity index (χ4n) is 3.85. The fraction of sp³-hybridized carbons (Fsp3) is 0.208. The molecule has 0 aliphatic carbocycles. The second kappa shape index (κ2) is 8.44. The van der Waals surface area contributed by atoms with Crippen LogP contribution in [0.1, 0.15) is 5.69 Å². The highest BCUT2D eigenvalue weighted by Crippen LogP contribution is 2.38. The number of para-hydroxylation sites is 1. The van der Waals surface area contributed by atoms with Gasteiger partial charge in [0.05, 0.1) is 16.3 Å². The van der Waals surface area contributed by atoms with Crippen molar-refractivity contribution in [2.75, 3.05) is 31.1 Å². The molecule has 0 bridgehead atoms. The van der Waals surface area contributed by atoms with E-state index >= 15 is 0 Å². The van der Waals surface area contributed by atoms with E-state index in [2.05, 4.69) is 39.6 Å². The summed E-state index contributed by atoms with van der Waals surface area (Å²) in [6, 6.07) is 22.2. The minimum absolute atomic E-state index is 0.428. The Bertz CT molecular complexity index is 1190. The number of nitrogens with zero attached hydrogens (tertiary/aromatic N) is 3. The van der Waals surface area contributed by atoms with Crippen LogP contribution in [0.2, 0.25) is 0 Å². The third-order valence-electron chi connectivity index (χ3n) is 5.49. The van der Waals surface area contributed by atoms with Gasteiger partial charge < -0.3 is 10.2 Å². The Morgan fingerprint density at radius 3 is 2.19 bits per heavy atom. The zero-order valence-corrected chi connectivity index (χ0v) is 18.0. The highest BCUT2D eigenvalue weighted by molar-refractivity contribution is 7.18. The molecule has 1 N–H and O–H groups in total. The van der Waals surface area contributed by atoms with Crippen LogP contribution in [0.3, 0.4) is 0 Å². The Morgan fingerprint density at radius 2 is 1.50 bits per heavy atom. The molecule has 5 rings (SSSR count). The topological polar surface area (TPSA) is 33.1 Å². The SMILES string of the molecule is FC(F)(F)c1cc(-c2ccc(-c3ccc(N4CCNCC4)cc3)s2)n(-c2ccccc2)n1. The molecule has 4 aromatic rings. The Morgan fingerprint density at radius 1 is 0.812 bits per heavy atom. The summed E-state index contributed by atoms with van der Waals surface area (Å²) < 4.78 is 41.5. The van der Waals surface area contributed by atoms with Crippen LogP contribution in [0, 0.1) is 0 Å². The van der Waals surface area contributed by atoms with Crippen LogP contribution in [-0.2, 0) is 6.18 Å². The summed E-state index contributed by atoms with van der Waals surface area (Å²) in [5.74, 6) is 0. The largest absolute Gasteiger partial charge is 0.435 e. The molecular weight excluding hydrogens is 433 g/mol. The molecule has 2 aromatic heterocycles. The lowest BCUT2D eigenvalue weighted by molar-refractivity contribution is -0.141. The highest BCUT2D eigenvalue weighted by atomic mass is 32.1. The van der Waals surface area contributed by atoms with E-state index in [4.69, 9.17) is 0 Å². The van der Waals surface area contributed by atoms with Gasteiger partial charge in [-0.15, -0.1) is 11.3 Å². The first kappa shape index (κ1) is 20.8. The summed E-state index contributed by atoms with van der Waals surface area (Å²) in [6.07, 6.45) is -4.51. The van der Waals surface area contributed by atoms with Crippen LogP contribution in [0.4, 0.5) is 18.9 Å². The van der Waals surface area contributed by atoms with Crippen LogP contribution >= 0.6 is 11.3 Å². The molecule has 1 fully saturated rings. The molecule has 1 aliphatic rings. The smallest absolute Gasteiger partial charge is 0.369 e. The summed E-state index contributed by atoms with van der Waals surface area (Å²) in [5.41, 5.74) is 2.35. The lowest BCUT2D eigenvalue weighted by Crippen LogP contribution is -2.43. The number of anilines is 1. The molecule has 2 aromatic carbocycles. The maximum Gasteiger partial charge on any atom is 0.435 e. The minimum atomic E-state index is -4.51. The number of nitrogens with one attached hydrogen (secondary N) is 1. The Kier molecular flexibility index (Phi) is 5.48. The summed E-state index contributed by atoms with van der Waals surface area (Å²) >= 11 is 1.46. The van der Waals surface area contributed by atoms with Crippen molar-refractivity contribution >= 4 is 17.0 Å². The van der Waals surface area contributed by atoms with E-state index in [1.165, 1.54) is 21.7 Å². The number of halogens is 3. The van der Waals surface area contributed by atoms with Gasteiger partial charge >= 0.3 is 6.18 Å². The average Bonchev–Trinajstić information content (AvgIpc) is 3.48. The number of hydrogen-bond acceptors (Lipinski definition) is 4. The molecule has 0 saturated carbocycles. The zero-order chi connectivity index (χ0) is 22.1. The predicted octanol–water partition coefficient (Wildman–Crippen LogP) is 5.70. The van der Waals surface area contributed by atoms with E-state index in [1.807, 2.05) is 18.2 Å². The van der Waals surface area contributed by atoms with Gasteiger partial charge in [-0.2, -0.15) is 18.3 Å². The third-order valence-corrected chi connectivity index (χ3v) is 6.65. The van der Waals surface area contributed by atoms with Crippen LogP contribution in [0.15, 0.2) is 72.8 Å². The lowest BCUT2D eigenvalue weighted by Gasteiger charge is -2.29. The normalized spacial score (nSPS) is 14.7. The Labute approximate surface area is 187 Å². The minimum Gasteiger partial charge on any atom is -0.369 e. The van der Waals surface area contributed by atoms with Gasteiger partial charge in [-0.1, -0.05) is 30.3 Å². The maximum atomic E-state index is 13.4.